The van der Waals surface area contributed by atoms with E-state index in [9.17, 15) is 4.39 Å². The summed E-state index contributed by atoms with van der Waals surface area (Å²) >= 11 is 0. The Morgan fingerprint density at radius 3 is 2.80 bits per heavy atom. The van der Waals surface area contributed by atoms with Crippen LogP contribution in [0.5, 0.6) is 0 Å². The van der Waals surface area contributed by atoms with Gasteiger partial charge in [-0.15, -0.1) is 0 Å². The number of nitrogens with two attached hydrogens (primary N) is 1. The van der Waals surface area contributed by atoms with E-state index in [1.807, 2.05) is 13.0 Å². The molecule has 1 aromatic carbocycles. The second-order valence-electron chi connectivity index (χ2n) is 3.31. The fourth-order valence-corrected chi connectivity index (χ4v) is 1.48. The van der Waals surface area contributed by atoms with E-state index in [4.69, 9.17) is 10.3 Å². The van der Waals surface area contributed by atoms with Crippen LogP contribution < -0.4 is 5.73 Å². The molecule has 0 unspecified atom stereocenters. The van der Waals surface area contributed by atoms with E-state index in [0.29, 0.717) is 11.1 Å². The topological polar surface area (TPSA) is 52.0 Å². The van der Waals surface area contributed by atoms with Gasteiger partial charge in [0.05, 0.1) is 11.8 Å². The number of hydrogen-bond donors (Lipinski definition) is 1. The fourth-order valence-electron chi connectivity index (χ4n) is 1.48. The molecule has 0 saturated carbocycles. The van der Waals surface area contributed by atoms with Crippen LogP contribution in [0.2, 0.25) is 0 Å². The lowest BCUT2D eigenvalue weighted by Gasteiger charge is -2.02. The maximum Gasteiger partial charge on any atom is 0.229 e. The molecule has 0 spiro atoms. The first-order valence-corrected chi connectivity index (χ1v) is 4.70. The first kappa shape index (κ1) is 9.71. The highest BCUT2D eigenvalue weighted by atomic mass is 19.1. The lowest BCUT2D eigenvalue weighted by Crippen LogP contribution is -1.89. The second kappa shape index (κ2) is 3.73. The van der Waals surface area contributed by atoms with E-state index < -0.39 is 0 Å². The van der Waals surface area contributed by atoms with Gasteiger partial charge in [-0.3, -0.25) is 0 Å². The van der Waals surface area contributed by atoms with Crippen molar-refractivity contribution < 1.29 is 8.91 Å². The summed E-state index contributed by atoms with van der Waals surface area (Å²) in [5.41, 5.74) is 7.81. The molecule has 0 saturated heterocycles. The molecule has 15 heavy (non-hydrogen) atoms. The Bertz CT molecular complexity index is 479. The van der Waals surface area contributed by atoms with Crippen molar-refractivity contribution in [2.24, 2.45) is 0 Å². The van der Waals surface area contributed by atoms with Gasteiger partial charge >= 0.3 is 0 Å². The Morgan fingerprint density at radius 1 is 1.40 bits per heavy atom. The Kier molecular flexibility index (Phi) is 2.41. The summed E-state index contributed by atoms with van der Waals surface area (Å²) in [5.74, 6) is -0.0624. The van der Waals surface area contributed by atoms with Gasteiger partial charge in [0.2, 0.25) is 5.88 Å². The summed E-state index contributed by atoms with van der Waals surface area (Å²) in [7, 11) is 0. The normalized spacial score (nSPS) is 10.5. The lowest BCUT2D eigenvalue weighted by molar-refractivity contribution is 0.436. The number of halogens is 1. The lowest BCUT2D eigenvalue weighted by atomic mass is 10.0. The first-order valence-electron chi connectivity index (χ1n) is 4.70. The van der Waals surface area contributed by atoms with Gasteiger partial charge < -0.3 is 10.3 Å². The zero-order valence-electron chi connectivity index (χ0n) is 8.33. The molecule has 0 aliphatic carbocycles. The van der Waals surface area contributed by atoms with Crippen LogP contribution in [0.4, 0.5) is 10.3 Å². The molecule has 1 aromatic heterocycles. The number of anilines is 1. The number of aryl methyl sites for hydroxylation is 1. The van der Waals surface area contributed by atoms with Crippen molar-refractivity contribution in [1.82, 2.24) is 5.16 Å². The average molecular weight is 206 g/mol. The van der Waals surface area contributed by atoms with E-state index in [2.05, 4.69) is 5.16 Å². The molecule has 0 radical (unpaired) electrons. The van der Waals surface area contributed by atoms with Crippen LogP contribution in [-0.4, -0.2) is 5.16 Å². The average Bonchev–Trinajstić information content (AvgIpc) is 2.63. The van der Waals surface area contributed by atoms with E-state index in [1.165, 1.54) is 18.3 Å². The second-order valence-corrected chi connectivity index (χ2v) is 3.31. The minimum Gasteiger partial charge on any atom is -0.367 e. The van der Waals surface area contributed by atoms with Crippen molar-refractivity contribution in [1.29, 1.82) is 0 Å². The molecule has 0 bridgehead atoms. The standard InChI is InChI=1S/C11H11FN2O/c1-2-7-3-8(5-9(12)4-7)10-6-14-15-11(10)13/h3-6H,2,13H2,1H3. The van der Waals surface area contributed by atoms with E-state index >= 15 is 0 Å². The van der Waals surface area contributed by atoms with Crippen LogP contribution in [-0.2, 0) is 6.42 Å². The molecule has 3 nitrogen and oxygen atoms in total. The summed E-state index contributed by atoms with van der Waals surface area (Å²) in [6.07, 6.45) is 2.26. The predicted molar refractivity (Wildman–Crippen MR) is 55.7 cm³/mol. The Hall–Kier alpha value is -1.84. The van der Waals surface area contributed by atoms with E-state index in [-0.39, 0.29) is 11.7 Å². The molecular formula is C11H11FN2O. The van der Waals surface area contributed by atoms with Crippen LogP contribution in [0.25, 0.3) is 11.1 Å². The van der Waals surface area contributed by atoms with Crippen molar-refractivity contribution in [2.45, 2.75) is 13.3 Å². The maximum atomic E-state index is 13.2. The van der Waals surface area contributed by atoms with Crippen molar-refractivity contribution >= 4 is 5.88 Å². The van der Waals surface area contributed by atoms with Gasteiger partial charge in [0, 0.05) is 0 Å². The molecule has 0 aliphatic rings. The first-order chi connectivity index (χ1) is 7.20. The molecular weight excluding hydrogens is 195 g/mol. The number of aromatic nitrogens is 1. The van der Waals surface area contributed by atoms with E-state index in [1.54, 1.807) is 0 Å². The van der Waals surface area contributed by atoms with Gasteiger partial charge in [-0.05, 0) is 29.7 Å². The van der Waals surface area contributed by atoms with Crippen molar-refractivity contribution in [3.05, 3.63) is 35.8 Å². The summed E-state index contributed by atoms with van der Waals surface area (Å²) in [6, 6.07) is 4.81. The number of rotatable bonds is 2. The number of nitrogen functional groups attached to an aromatic ring is 1. The summed E-state index contributed by atoms with van der Waals surface area (Å²) < 4.78 is 18.0. The van der Waals surface area contributed by atoms with Crippen molar-refractivity contribution in [3.63, 3.8) is 0 Å². The highest BCUT2D eigenvalue weighted by Gasteiger charge is 2.08. The molecule has 78 valence electrons. The van der Waals surface area contributed by atoms with Crippen LogP contribution in [0.3, 0.4) is 0 Å². The van der Waals surface area contributed by atoms with Crippen LogP contribution in [0.1, 0.15) is 12.5 Å². The molecule has 2 aromatic rings. The molecule has 4 heteroatoms. The quantitative estimate of drug-likeness (QED) is 0.821. The molecule has 2 N–H and O–H groups in total. The fraction of sp³-hybridized carbons (Fsp3) is 0.182. The monoisotopic (exact) mass is 206 g/mol. The summed E-state index contributed by atoms with van der Waals surface area (Å²) in [4.78, 5) is 0. The van der Waals surface area contributed by atoms with E-state index in [0.717, 1.165) is 12.0 Å². The zero-order chi connectivity index (χ0) is 10.8. The van der Waals surface area contributed by atoms with Crippen LogP contribution in [0, 0.1) is 5.82 Å². The molecule has 2 rings (SSSR count). The molecule has 1 heterocycles. The van der Waals surface area contributed by atoms with Gasteiger partial charge in [0.25, 0.3) is 0 Å². The van der Waals surface area contributed by atoms with Gasteiger partial charge in [0.15, 0.2) is 0 Å². The van der Waals surface area contributed by atoms with Crippen LogP contribution >= 0.6 is 0 Å². The highest BCUT2D eigenvalue weighted by Crippen LogP contribution is 2.27. The number of nitrogens with zero attached hydrogens (tertiary/aromatic N) is 1. The third kappa shape index (κ3) is 1.83. The summed E-state index contributed by atoms with van der Waals surface area (Å²) in [5, 5.41) is 3.56. The van der Waals surface area contributed by atoms with Crippen molar-refractivity contribution in [3.8, 4) is 11.1 Å². The smallest absolute Gasteiger partial charge is 0.229 e. The maximum absolute atomic E-state index is 13.2. The molecule has 0 aliphatic heterocycles. The Balaban J connectivity index is 2.53. The zero-order valence-corrected chi connectivity index (χ0v) is 8.33. The highest BCUT2D eigenvalue weighted by molar-refractivity contribution is 5.72. The number of hydrogen-bond acceptors (Lipinski definition) is 3. The van der Waals surface area contributed by atoms with Gasteiger partial charge in [-0.25, -0.2) is 4.39 Å². The predicted octanol–water partition coefficient (Wildman–Crippen LogP) is 2.63. The molecule has 0 amide bonds. The minimum absolute atomic E-state index is 0.211. The third-order valence-corrected chi connectivity index (χ3v) is 2.28. The largest absolute Gasteiger partial charge is 0.367 e. The summed E-state index contributed by atoms with van der Waals surface area (Å²) in [6.45, 7) is 1.97. The Labute approximate surface area is 86.7 Å². The van der Waals surface area contributed by atoms with Gasteiger partial charge in [-0.1, -0.05) is 18.1 Å². The molecule has 0 atom stereocenters. The van der Waals surface area contributed by atoms with Crippen LogP contribution in [0.15, 0.2) is 28.9 Å². The van der Waals surface area contributed by atoms with Gasteiger partial charge in [-0.2, -0.15) is 0 Å². The Morgan fingerprint density at radius 2 is 2.20 bits per heavy atom. The number of benzene rings is 1. The molecule has 0 fully saturated rings. The minimum atomic E-state index is -0.273. The van der Waals surface area contributed by atoms with Crippen molar-refractivity contribution in [2.75, 3.05) is 5.73 Å². The SMILES string of the molecule is CCc1cc(F)cc(-c2cnoc2N)c1. The third-order valence-electron chi connectivity index (χ3n) is 2.28. The van der Waals surface area contributed by atoms with Gasteiger partial charge in [0.1, 0.15) is 5.82 Å².